The van der Waals surface area contributed by atoms with E-state index in [1.54, 1.807) is 13.8 Å². The number of aryl methyl sites for hydroxylation is 2. The van der Waals surface area contributed by atoms with E-state index in [0.717, 1.165) is 12.1 Å². The third kappa shape index (κ3) is 3.25. The molecule has 1 aromatic carbocycles. The van der Waals surface area contributed by atoms with Crippen molar-refractivity contribution in [3.05, 3.63) is 34.9 Å². The van der Waals surface area contributed by atoms with E-state index in [1.165, 1.54) is 6.92 Å². The lowest BCUT2D eigenvalue weighted by Crippen LogP contribution is -2.24. The Balaban J connectivity index is 2.83. The summed E-state index contributed by atoms with van der Waals surface area (Å²) >= 11 is 0. The number of rotatable bonds is 4. The second-order valence-electron chi connectivity index (χ2n) is 4.88. The van der Waals surface area contributed by atoms with Gasteiger partial charge in [-0.3, -0.25) is 4.79 Å². The molecule has 0 bridgehead atoms. The van der Waals surface area contributed by atoms with Crippen LogP contribution in [0.4, 0.5) is 8.78 Å². The van der Waals surface area contributed by atoms with Gasteiger partial charge in [0.05, 0.1) is 5.41 Å². The molecule has 0 aliphatic heterocycles. The number of halogens is 2. The molecular weight excluding hydrogens is 226 g/mol. The zero-order valence-electron chi connectivity index (χ0n) is 10.2. The molecule has 0 unspecified atom stereocenters. The zero-order valence-corrected chi connectivity index (χ0v) is 10.2. The minimum Gasteiger partial charge on any atom is -0.481 e. The van der Waals surface area contributed by atoms with Gasteiger partial charge in [-0.05, 0) is 56.9 Å². The first kappa shape index (κ1) is 13.6. The van der Waals surface area contributed by atoms with Crippen molar-refractivity contribution in [2.24, 2.45) is 5.41 Å². The van der Waals surface area contributed by atoms with Crippen LogP contribution in [0.2, 0.25) is 0 Å². The maximum absolute atomic E-state index is 13.5. The van der Waals surface area contributed by atoms with Crippen LogP contribution in [0.1, 0.15) is 31.4 Å². The average molecular weight is 242 g/mol. The highest BCUT2D eigenvalue weighted by molar-refractivity contribution is 5.73. The Morgan fingerprint density at radius 3 is 2.41 bits per heavy atom. The number of hydrogen-bond acceptors (Lipinski definition) is 1. The van der Waals surface area contributed by atoms with Crippen LogP contribution >= 0.6 is 0 Å². The van der Waals surface area contributed by atoms with Crippen LogP contribution in [-0.2, 0) is 11.2 Å². The van der Waals surface area contributed by atoms with Crippen molar-refractivity contribution in [2.75, 3.05) is 0 Å². The number of benzene rings is 1. The van der Waals surface area contributed by atoms with E-state index in [1.807, 2.05) is 0 Å². The molecule has 0 atom stereocenters. The monoisotopic (exact) mass is 242 g/mol. The molecule has 0 aliphatic rings. The molecule has 0 fully saturated rings. The van der Waals surface area contributed by atoms with Crippen LogP contribution in [0, 0.1) is 24.0 Å². The molecule has 0 saturated heterocycles. The number of carboxylic acid groups (broad SMARTS) is 1. The van der Waals surface area contributed by atoms with Crippen molar-refractivity contribution >= 4 is 5.97 Å². The molecule has 4 heteroatoms. The summed E-state index contributed by atoms with van der Waals surface area (Å²) in [5, 5.41) is 8.92. The Hall–Kier alpha value is -1.45. The highest BCUT2D eigenvalue weighted by Gasteiger charge is 2.27. The predicted octanol–water partition coefficient (Wildman–Crippen LogP) is 3.32. The molecule has 0 saturated carbocycles. The van der Waals surface area contributed by atoms with Crippen LogP contribution in [0.5, 0.6) is 0 Å². The van der Waals surface area contributed by atoms with Crippen molar-refractivity contribution in [1.82, 2.24) is 0 Å². The van der Waals surface area contributed by atoms with Crippen LogP contribution in [0.25, 0.3) is 0 Å². The molecule has 0 amide bonds. The van der Waals surface area contributed by atoms with Crippen LogP contribution in [0.15, 0.2) is 12.1 Å². The molecule has 2 nitrogen and oxygen atoms in total. The Labute approximate surface area is 99.3 Å². The Kier molecular flexibility index (Phi) is 3.86. The summed E-state index contributed by atoms with van der Waals surface area (Å²) in [6.07, 6.45) is 0.476. The average Bonchev–Trinajstić information content (AvgIpc) is 2.21. The van der Waals surface area contributed by atoms with E-state index >= 15 is 0 Å². The fourth-order valence-corrected chi connectivity index (χ4v) is 1.43. The SMILES string of the molecule is Cc1cc(F)c(CCC(C)(C)C(=O)O)cc1F. The molecule has 17 heavy (non-hydrogen) atoms. The zero-order chi connectivity index (χ0) is 13.2. The van der Waals surface area contributed by atoms with E-state index in [-0.39, 0.29) is 24.0 Å². The molecule has 1 rings (SSSR count). The molecular formula is C13H16F2O2. The summed E-state index contributed by atoms with van der Waals surface area (Å²) in [6.45, 7) is 4.62. The normalized spacial score (nSPS) is 11.6. The summed E-state index contributed by atoms with van der Waals surface area (Å²) in [7, 11) is 0. The Bertz CT molecular complexity index is 439. The van der Waals surface area contributed by atoms with Gasteiger partial charge in [-0.2, -0.15) is 0 Å². The second kappa shape index (κ2) is 4.82. The lowest BCUT2D eigenvalue weighted by atomic mass is 9.86. The summed E-state index contributed by atoms with van der Waals surface area (Å²) in [5.41, 5.74) is -0.459. The summed E-state index contributed by atoms with van der Waals surface area (Å²) < 4.78 is 26.7. The van der Waals surface area contributed by atoms with Crippen LogP contribution in [-0.4, -0.2) is 11.1 Å². The van der Waals surface area contributed by atoms with Crippen LogP contribution in [0.3, 0.4) is 0 Å². The van der Waals surface area contributed by atoms with Gasteiger partial charge in [-0.25, -0.2) is 8.78 Å². The Morgan fingerprint density at radius 2 is 1.88 bits per heavy atom. The number of hydrogen-bond donors (Lipinski definition) is 1. The molecule has 0 radical (unpaired) electrons. The lowest BCUT2D eigenvalue weighted by Gasteiger charge is -2.19. The van der Waals surface area contributed by atoms with Crippen molar-refractivity contribution < 1.29 is 18.7 Å². The maximum atomic E-state index is 13.5. The number of aliphatic carboxylic acids is 1. The minimum absolute atomic E-state index is 0.211. The van der Waals surface area contributed by atoms with E-state index in [2.05, 4.69) is 0 Å². The molecule has 1 N–H and O–H groups in total. The van der Waals surface area contributed by atoms with E-state index < -0.39 is 23.0 Å². The van der Waals surface area contributed by atoms with Crippen molar-refractivity contribution in [3.8, 4) is 0 Å². The maximum Gasteiger partial charge on any atom is 0.309 e. The number of carboxylic acids is 1. The largest absolute Gasteiger partial charge is 0.481 e. The minimum atomic E-state index is -0.939. The van der Waals surface area contributed by atoms with Crippen molar-refractivity contribution in [2.45, 2.75) is 33.6 Å². The van der Waals surface area contributed by atoms with Crippen molar-refractivity contribution in [1.29, 1.82) is 0 Å². The first-order valence-corrected chi connectivity index (χ1v) is 5.42. The van der Waals surface area contributed by atoms with Gasteiger partial charge in [0.1, 0.15) is 11.6 Å². The topological polar surface area (TPSA) is 37.3 Å². The molecule has 0 heterocycles. The highest BCUT2D eigenvalue weighted by Crippen LogP contribution is 2.25. The second-order valence-corrected chi connectivity index (χ2v) is 4.88. The van der Waals surface area contributed by atoms with Gasteiger partial charge in [0.2, 0.25) is 0 Å². The summed E-state index contributed by atoms with van der Waals surface area (Å²) in [6, 6.07) is 2.28. The first-order valence-electron chi connectivity index (χ1n) is 5.42. The predicted molar refractivity (Wildman–Crippen MR) is 60.8 cm³/mol. The quantitative estimate of drug-likeness (QED) is 0.879. The summed E-state index contributed by atoms with van der Waals surface area (Å²) in [4.78, 5) is 10.9. The fraction of sp³-hybridized carbons (Fsp3) is 0.462. The lowest BCUT2D eigenvalue weighted by molar-refractivity contribution is -0.147. The smallest absolute Gasteiger partial charge is 0.309 e. The highest BCUT2D eigenvalue weighted by atomic mass is 19.1. The fourth-order valence-electron chi connectivity index (χ4n) is 1.43. The molecule has 94 valence electrons. The standard InChI is InChI=1S/C13H16F2O2/c1-8-6-11(15)9(7-10(8)14)4-5-13(2,3)12(16)17/h6-7H,4-5H2,1-3H3,(H,16,17). The van der Waals surface area contributed by atoms with Gasteiger partial charge in [0.15, 0.2) is 0 Å². The molecule has 0 spiro atoms. The van der Waals surface area contributed by atoms with Crippen LogP contribution < -0.4 is 0 Å². The van der Waals surface area contributed by atoms with Gasteiger partial charge < -0.3 is 5.11 Å². The summed E-state index contributed by atoms with van der Waals surface area (Å²) in [5.74, 6) is -1.88. The molecule has 0 aliphatic carbocycles. The van der Waals surface area contributed by atoms with Gasteiger partial charge in [0, 0.05) is 0 Å². The van der Waals surface area contributed by atoms with Gasteiger partial charge in [-0.1, -0.05) is 0 Å². The third-order valence-corrected chi connectivity index (χ3v) is 2.93. The third-order valence-electron chi connectivity index (χ3n) is 2.93. The van der Waals surface area contributed by atoms with Gasteiger partial charge in [-0.15, -0.1) is 0 Å². The molecule has 0 aromatic heterocycles. The van der Waals surface area contributed by atoms with E-state index in [4.69, 9.17) is 5.11 Å². The molecule has 1 aromatic rings. The van der Waals surface area contributed by atoms with E-state index in [0.29, 0.717) is 0 Å². The Morgan fingerprint density at radius 1 is 1.29 bits per heavy atom. The van der Waals surface area contributed by atoms with E-state index in [9.17, 15) is 13.6 Å². The van der Waals surface area contributed by atoms with Gasteiger partial charge >= 0.3 is 5.97 Å². The first-order chi connectivity index (χ1) is 7.74. The van der Waals surface area contributed by atoms with Crippen molar-refractivity contribution in [3.63, 3.8) is 0 Å². The van der Waals surface area contributed by atoms with Gasteiger partial charge in [0.25, 0.3) is 0 Å². The number of carbonyl (C=O) groups is 1.